The van der Waals surface area contributed by atoms with Gasteiger partial charge in [-0.2, -0.15) is 0 Å². The molecule has 0 aliphatic carbocycles. The smallest absolute Gasteiger partial charge is 0.242 e. The number of amides is 4. The Balaban J connectivity index is 1.72. The Bertz CT molecular complexity index is 1440. The van der Waals surface area contributed by atoms with Crippen LogP contribution < -0.4 is 21.3 Å². The number of nitrogens with one attached hydrogen (secondary N) is 4. The molecule has 1 saturated heterocycles. The number of ether oxygens (including phenoxy) is 2. The molecule has 2 heterocycles. The topological polar surface area (TPSA) is 154 Å². The fourth-order valence-electron chi connectivity index (χ4n) is 7.44. The second-order valence-corrected chi connectivity index (χ2v) is 15.4. The third-order valence-electron chi connectivity index (χ3n) is 10.7. The maximum atomic E-state index is 14.1. The van der Waals surface area contributed by atoms with Crippen LogP contribution in [0, 0.1) is 17.8 Å². The van der Waals surface area contributed by atoms with Gasteiger partial charge in [0.05, 0.1) is 55.3 Å². The van der Waals surface area contributed by atoms with Crippen LogP contribution in [-0.2, 0) is 35.1 Å². The summed E-state index contributed by atoms with van der Waals surface area (Å²) < 4.78 is 12.0. The van der Waals surface area contributed by atoms with Gasteiger partial charge >= 0.3 is 0 Å². The Labute approximate surface area is 320 Å². The first-order chi connectivity index (χ1) is 25.3. The van der Waals surface area contributed by atoms with Gasteiger partial charge in [-0.1, -0.05) is 53.2 Å². The minimum atomic E-state index is -0.591. The molecule has 53 heavy (non-hydrogen) atoms. The number of anilines is 1. The Kier molecular flexibility index (Phi) is 17.6. The summed E-state index contributed by atoms with van der Waals surface area (Å²) in [7, 11) is 8.45. The van der Waals surface area contributed by atoms with E-state index in [1.807, 2.05) is 76.2 Å². The van der Waals surface area contributed by atoms with Gasteiger partial charge in [0.15, 0.2) is 0 Å². The van der Waals surface area contributed by atoms with Crippen molar-refractivity contribution < 1.29 is 28.7 Å². The summed E-state index contributed by atoms with van der Waals surface area (Å²) in [5.74, 6) is -1.28. The van der Waals surface area contributed by atoms with E-state index in [1.165, 1.54) is 11.3 Å². The number of benzene rings is 1. The van der Waals surface area contributed by atoms with E-state index in [1.54, 1.807) is 39.4 Å². The van der Waals surface area contributed by atoms with Gasteiger partial charge in [-0.05, 0) is 55.8 Å². The fourth-order valence-corrected chi connectivity index (χ4v) is 8.13. The molecular formula is C39H63N7O6S. The number of carbonyl (C=O) groups is 4. The quantitative estimate of drug-likeness (QED) is 0.149. The lowest BCUT2D eigenvalue weighted by molar-refractivity contribution is -0.146. The summed E-state index contributed by atoms with van der Waals surface area (Å²) in [6.07, 6.45) is 3.47. The molecule has 4 N–H and O–H groups in total. The van der Waals surface area contributed by atoms with Crippen LogP contribution in [-0.4, -0.2) is 117 Å². The molecule has 2 aromatic rings. The number of hydrogen-bond donors (Lipinski definition) is 4. The molecule has 4 amide bonds. The van der Waals surface area contributed by atoms with Gasteiger partial charge in [0.25, 0.3) is 0 Å². The summed E-state index contributed by atoms with van der Waals surface area (Å²) in [5, 5.41) is 14.9. The maximum absolute atomic E-state index is 14.1. The van der Waals surface area contributed by atoms with Gasteiger partial charge < -0.3 is 40.5 Å². The maximum Gasteiger partial charge on any atom is 0.242 e. The highest BCUT2D eigenvalue weighted by Gasteiger charge is 2.42. The van der Waals surface area contributed by atoms with Crippen LogP contribution in [0.15, 0.2) is 35.8 Å². The summed E-state index contributed by atoms with van der Waals surface area (Å²) in [5.41, 5.74) is 2.08. The zero-order valence-electron chi connectivity index (χ0n) is 33.3. The summed E-state index contributed by atoms with van der Waals surface area (Å²) in [4.78, 5) is 62.1. The van der Waals surface area contributed by atoms with Crippen LogP contribution in [0.3, 0.4) is 0 Å². The molecule has 0 bridgehead atoms. The average Bonchev–Trinajstić information content (AvgIpc) is 3.87. The molecule has 3 rings (SSSR count). The van der Waals surface area contributed by atoms with Gasteiger partial charge in [0.2, 0.25) is 23.6 Å². The van der Waals surface area contributed by atoms with Gasteiger partial charge in [0, 0.05) is 52.1 Å². The van der Waals surface area contributed by atoms with Crippen molar-refractivity contribution >= 4 is 40.7 Å². The van der Waals surface area contributed by atoms with Gasteiger partial charge in [-0.3, -0.25) is 19.2 Å². The molecule has 0 saturated carbocycles. The SMILES string of the molecule is CC[C@H](C)[C@@H]([C@@H](CC(=O)N1CCC[C@H]1[C@H](OC)[C@@H](C)C(=O)N[C@@H](Cc1ccc(NC)cc1)c1nccs1)OC)N(C)C(=O)CNC(=O)C(NC)C(C)C. The number of rotatable bonds is 21. The average molecular weight is 758 g/mol. The van der Waals surface area contributed by atoms with Crippen LogP contribution in [0.1, 0.15) is 76.9 Å². The van der Waals surface area contributed by atoms with Crippen molar-refractivity contribution in [3.8, 4) is 0 Å². The first kappa shape index (κ1) is 43.8. The minimum absolute atomic E-state index is 0.00923. The van der Waals surface area contributed by atoms with Crippen LogP contribution in [0.25, 0.3) is 0 Å². The molecule has 1 aromatic heterocycles. The lowest BCUT2D eigenvalue weighted by Gasteiger charge is -2.39. The Morgan fingerprint density at radius 2 is 1.74 bits per heavy atom. The number of likely N-dealkylation sites (N-methyl/N-ethyl adjacent to an activating group) is 2. The summed E-state index contributed by atoms with van der Waals surface area (Å²) >= 11 is 1.50. The van der Waals surface area contributed by atoms with E-state index < -0.39 is 30.2 Å². The predicted octanol–water partition coefficient (Wildman–Crippen LogP) is 3.87. The molecule has 1 aliphatic heterocycles. The van der Waals surface area contributed by atoms with Crippen LogP contribution in [0.4, 0.5) is 5.69 Å². The van der Waals surface area contributed by atoms with Crippen molar-refractivity contribution in [2.75, 3.05) is 53.8 Å². The standard InChI is InChI=1S/C39H63N7O6S/c1-11-25(4)35(45(8)33(48)23-43-38(50)34(41-7)24(2)3)31(51-9)22-32(47)46-19-12-13-30(46)36(52-10)26(5)37(49)44-29(39-42-18-20-53-39)21-27-14-16-28(40-6)17-15-27/h14-18,20,24-26,29-31,34-36,40-41H,11-13,19,21-23H2,1-10H3,(H,43,50)(H,44,49)/t25-,26+,29-,30-,31+,34?,35-,36+/m0/s1. The van der Waals surface area contributed by atoms with Gasteiger partial charge in [-0.25, -0.2) is 4.98 Å². The Morgan fingerprint density at radius 3 is 2.28 bits per heavy atom. The van der Waals surface area contributed by atoms with E-state index in [0.29, 0.717) is 19.4 Å². The molecular weight excluding hydrogens is 695 g/mol. The van der Waals surface area contributed by atoms with Crippen LogP contribution in [0.5, 0.6) is 0 Å². The van der Waals surface area contributed by atoms with Crippen molar-refractivity contribution in [2.24, 2.45) is 17.8 Å². The van der Waals surface area contributed by atoms with Crippen LogP contribution >= 0.6 is 11.3 Å². The molecule has 1 aliphatic rings. The number of hydrogen-bond acceptors (Lipinski definition) is 10. The lowest BCUT2D eigenvalue weighted by atomic mass is 9.90. The van der Waals surface area contributed by atoms with Crippen LogP contribution in [0.2, 0.25) is 0 Å². The molecule has 0 radical (unpaired) electrons. The molecule has 8 atom stereocenters. The number of carbonyl (C=O) groups excluding carboxylic acids is 4. The number of nitrogens with zero attached hydrogens (tertiary/aromatic N) is 3. The molecule has 1 fully saturated rings. The largest absolute Gasteiger partial charge is 0.388 e. The van der Waals surface area contributed by atoms with E-state index in [9.17, 15) is 19.2 Å². The van der Waals surface area contributed by atoms with Crippen molar-refractivity contribution in [3.63, 3.8) is 0 Å². The van der Waals surface area contributed by atoms with Crippen molar-refractivity contribution in [2.45, 2.75) is 103 Å². The summed E-state index contributed by atoms with van der Waals surface area (Å²) in [6, 6.07) is 6.64. The minimum Gasteiger partial charge on any atom is -0.388 e. The molecule has 1 aromatic carbocycles. The third kappa shape index (κ3) is 11.7. The molecule has 14 heteroatoms. The van der Waals surface area contributed by atoms with Crippen molar-refractivity contribution in [1.29, 1.82) is 0 Å². The normalized spacial score (nSPS) is 18.4. The van der Waals surface area contributed by atoms with Gasteiger partial charge in [-0.15, -0.1) is 11.3 Å². The first-order valence-corrected chi connectivity index (χ1v) is 19.7. The second kappa shape index (κ2) is 21.3. The molecule has 1 unspecified atom stereocenters. The Morgan fingerprint density at radius 1 is 1.04 bits per heavy atom. The number of methoxy groups -OCH3 is 2. The lowest BCUT2D eigenvalue weighted by Crippen LogP contribution is -2.55. The molecule has 13 nitrogen and oxygen atoms in total. The zero-order chi connectivity index (χ0) is 39.2. The number of aromatic nitrogens is 1. The molecule has 296 valence electrons. The monoisotopic (exact) mass is 757 g/mol. The third-order valence-corrected chi connectivity index (χ3v) is 11.6. The fraction of sp³-hybridized carbons (Fsp3) is 0.667. The van der Waals surface area contributed by atoms with E-state index in [2.05, 4.69) is 26.3 Å². The zero-order valence-corrected chi connectivity index (χ0v) is 34.1. The highest BCUT2D eigenvalue weighted by molar-refractivity contribution is 7.09. The van der Waals surface area contributed by atoms with E-state index >= 15 is 0 Å². The number of thiazole rings is 1. The highest BCUT2D eigenvalue weighted by Crippen LogP contribution is 2.30. The first-order valence-electron chi connectivity index (χ1n) is 18.8. The van der Waals surface area contributed by atoms with Crippen molar-refractivity contribution in [1.82, 2.24) is 30.7 Å². The molecule has 0 spiro atoms. The highest BCUT2D eigenvalue weighted by atomic mass is 32.1. The Hall–Kier alpha value is -3.59. The van der Waals surface area contributed by atoms with E-state index in [0.717, 1.165) is 29.1 Å². The van der Waals surface area contributed by atoms with Crippen molar-refractivity contribution in [3.05, 3.63) is 46.4 Å². The van der Waals surface area contributed by atoms with E-state index in [-0.39, 0.29) is 60.5 Å². The number of likely N-dealkylation sites (tertiary alicyclic amines) is 1. The van der Waals surface area contributed by atoms with E-state index in [4.69, 9.17) is 9.47 Å². The predicted molar refractivity (Wildman–Crippen MR) is 210 cm³/mol. The second-order valence-electron chi connectivity index (χ2n) is 14.5. The summed E-state index contributed by atoms with van der Waals surface area (Å²) in [6.45, 7) is 10.2. The van der Waals surface area contributed by atoms with Gasteiger partial charge in [0.1, 0.15) is 5.01 Å².